The maximum Gasteiger partial charge on any atom is 0.159 e. The van der Waals surface area contributed by atoms with E-state index < -0.39 is 5.82 Å². The third-order valence-electron chi connectivity index (χ3n) is 4.96. The Morgan fingerprint density at radius 1 is 1.16 bits per heavy atom. The first kappa shape index (κ1) is 18.1. The highest BCUT2D eigenvalue weighted by molar-refractivity contribution is 6.31. The number of rotatable bonds is 5. The first-order valence-corrected chi connectivity index (χ1v) is 9.49. The van der Waals surface area contributed by atoms with E-state index >= 15 is 0 Å². The zero-order chi connectivity index (χ0) is 17.6. The number of benzene rings is 1. The zero-order valence-corrected chi connectivity index (χ0v) is 15.3. The van der Waals surface area contributed by atoms with Gasteiger partial charge in [-0.05, 0) is 67.7 Å². The second kappa shape index (κ2) is 8.57. The summed E-state index contributed by atoms with van der Waals surface area (Å²) in [5.74, 6) is 1.43. The quantitative estimate of drug-likeness (QED) is 0.565. The Morgan fingerprint density at radius 2 is 1.88 bits per heavy atom. The fourth-order valence-electron chi connectivity index (χ4n) is 3.43. The second-order valence-corrected chi connectivity index (χ2v) is 7.20. The van der Waals surface area contributed by atoms with Crippen LogP contribution in [0.25, 0.3) is 11.4 Å². The molecule has 0 radical (unpaired) electrons. The topological polar surface area (TPSA) is 25.8 Å². The summed E-state index contributed by atoms with van der Waals surface area (Å²) in [5.41, 5.74) is 1.94. The minimum Gasteiger partial charge on any atom is -0.236 e. The van der Waals surface area contributed by atoms with Crippen molar-refractivity contribution in [2.75, 3.05) is 0 Å². The molecule has 1 aliphatic rings. The van der Waals surface area contributed by atoms with E-state index in [0.717, 1.165) is 11.5 Å². The van der Waals surface area contributed by atoms with Gasteiger partial charge >= 0.3 is 0 Å². The van der Waals surface area contributed by atoms with E-state index in [1.807, 2.05) is 12.4 Å². The lowest BCUT2D eigenvalue weighted by Crippen LogP contribution is -2.12. The summed E-state index contributed by atoms with van der Waals surface area (Å²) in [5, 5.41) is 0.0969. The fraction of sp³-hybridized carbons (Fsp3) is 0.429. The standard InChI is InChI=1S/C21H24ClFN2/c1-2-3-4-5-15-6-8-16(9-7-15)18-13-24-21(25-14-18)17-10-11-20(23)19(22)12-17/h4-5,10-16H,2-3,6-9H2,1H3. The van der Waals surface area contributed by atoms with Crippen LogP contribution in [0.15, 0.2) is 42.7 Å². The van der Waals surface area contributed by atoms with Crippen LogP contribution in [0.2, 0.25) is 5.02 Å². The monoisotopic (exact) mass is 358 g/mol. The molecule has 0 atom stereocenters. The summed E-state index contributed by atoms with van der Waals surface area (Å²) in [6.07, 6.45) is 15.8. The molecule has 2 nitrogen and oxygen atoms in total. The molecule has 2 aromatic rings. The number of hydrogen-bond donors (Lipinski definition) is 0. The number of allylic oxidation sites excluding steroid dienone is 2. The van der Waals surface area contributed by atoms with Gasteiger partial charge in [-0.1, -0.05) is 37.1 Å². The van der Waals surface area contributed by atoms with Crippen LogP contribution in [0.3, 0.4) is 0 Å². The molecule has 0 aliphatic heterocycles. The summed E-state index contributed by atoms with van der Waals surface area (Å²) in [6, 6.07) is 4.58. The average molecular weight is 359 g/mol. The zero-order valence-electron chi connectivity index (χ0n) is 14.6. The molecule has 0 bridgehead atoms. The Labute approximate surface area is 154 Å². The van der Waals surface area contributed by atoms with Gasteiger partial charge in [0, 0.05) is 18.0 Å². The van der Waals surface area contributed by atoms with Gasteiger partial charge in [-0.15, -0.1) is 0 Å². The first-order valence-electron chi connectivity index (χ1n) is 9.11. The molecule has 132 valence electrons. The first-order chi connectivity index (χ1) is 12.2. The van der Waals surface area contributed by atoms with E-state index in [4.69, 9.17) is 11.6 Å². The van der Waals surface area contributed by atoms with Gasteiger partial charge in [0.05, 0.1) is 5.02 Å². The SMILES string of the molecule is CCCC=CC1CCC(c2cnc(-c3ccc(F)c(Cl)c3)nc2)CC1. The van der Waals surface area contributed by atoms with Crippen LogP contribution in [-0.4, -0.2) is 9.97 Å². The minimum atomic E-state index is -0.424. The molecule has 3 rings (SSSR count). The number of nitrogens with zero attached hydrogens (tertiary/aromatic N) is 2. The summed E-state index contributed by atoms with van der Waals surface area (Å²) in [6.45, 7) is 2.21. The van der Waals surface area contributed by atoms with E-state index in [1.165, 1.54) is 50.2 Å². The Hall–Kier alpha value is -1.74. The molecule has 1 aromatic carbocycles. The molecule has 0 spiro atoms. The van der Waals surface area contributed by atoms with Crippen LogP contribution < -0.4 is 0 Å². The van der Waals surface area contributed by atoms with E-state index in [-0.39, 0.29) is 5.02 Å². The van der Waals surface area contributed by atoms with Gasteiger partial charge in [0.1, 0.15) is 5.82 Å². The molecule has 4 heteroatoms. The molecule has 0 N–H and O–H groups in total. The predicted molar refractivity (Wildman–Crippen MR) is 101 cm³/mol. The Balaban J connectivity index is 1.62. The molecule has 0 amide bonds. The molecule has 0 unspecified atom stereocenters. The lowest BCUT2D eigenvalue weighted by Gasteiger charge is -2.26. The molecule has 1 aliphatic carbocycles. The molecule has 1 fully saturated rings. The highest BCUT2D eigenvalue weighted by Gasteiger charge is 2.21. The molecular formula is C21H24ClFN2. The lowest BCUT2D eigenvalue weighted by atomic mass is 9.79. The highest BCUT2D eigenvalue weighted by Crippen LogP contribution is 2.36. The molecule has 1 heterocycles. The van der Waals surface area contributed by atoms with E-state index in [9.17, 15) is 4.39 Å². The summed E-state index contributed by atoms with van der Waals surface area (Å²) in [4.78, 5) is 8.94. The third kappa shape index (κ3) is 4.66. The Bertz CT molecular complexity index is 719. The Morgan fingerprint density at radius 3 is 2.52 bits per heavy atom. The van der Waals surface area contributed by atoms with Gasteiger partial charge in [0.25, 0.3) is 0 Å². The number of aromatic nitrogens is 2. The third-order valence-corrected chi connectivity index (χ3v) is 5.25. The average Bonchev–Trinajstić information content (AvgIpc) is 2.65. The lowest BCUT2D eigenvalue weighted by molar-refractivity contribution is 0.374. The van der Waals surface area contributed by atoms with Crippen molar-refractivity contribution in [2.45, 2.75) is 51.4 Å². The van der Waals surface area contributed by atoms with Gasteiger partial charge in [-0.3, -0.25) is 0 Å². The molecule has 1 saturated carbocycles. The molecule has 0 saturated heterocycles. The summed E-state index contributed by atoms with van der Waals surface area (Å²) in [7, 11) is 0. The van der Waals surface area contributed by atoms with Crippen molar-refractivity contribution in [3.8, 4) is 11.4 Å². The van der Waals surface area contributed by atoms with E-state index in [1.54, 1.807) is 12.1 Å². The Kier molecular flexibility index (Phi) is 6.19. The van der Waals surface area contributed by atoms with Crippen LogP contribution in [0.5, 0.6) is 0 Å². The molecule has 25 heavy (non-hydrogen) atoms. The van der Waals surface area contributed by atoms with Crippen molar-refractivity contribution in [3.05, 3.63) is 59.1 Å². The van der Waals surface area contributed by atoms with Crippen molar-refractivity contribution in [1.29, 1.82) is 0 Å². The van der Waals surface area contributed by atoms with E-state index in [2.05, 4.69) is 29.0 Å². The number of halogens is 2. The van der Waals surface area contributed by atoms with Crippen LogP contribution in [0, 0.1) is 11.7 Å². The van der Waals surface area contributed by atoms with Gasteiger partial charge in [-0.2, -0.15) is 0 Å². The van der Waals surface area contributed by atoms with Crippen LogP contribution >= 0.6 is 11.6 Å². The molecular weight excluding hydrogens is 335 g/mol. The minimum absolute atomic E-state index is 0.0969. The number of hydrogen-bond acceptors (Lipinski definition) is 2. The van der Waals surface area contributed by atoms with Gasteiger partial charge in [0.2, 0.25) is 0 Å². The van der Waals surface area contributed by atoms with E-state index in [0.29, 0.717) is 11.7 Å². The molecule has 1 aromatic heterocycles. The van der Waals surface area contributed by atoms with Crippen molar-refractivity contribution in [3.63, 3.8) is 0 Å². The second-order valence-electron chi connectivity index (χ2n) is 6.80. The summed E-state index contributed by atoms with van der Waals surface area (Å²) >= 11 is 5.84. The summed E-state index contributed by atoms with van der Waals surface area (Å²) < 4.78 is 13.3. The smallest absolute Gasteiger partial charge is 0.159 e. The predicted octanol–water partition coefficient (Wildman–Crippen LogP) is 6.57. The van der Waals surface area contributed by atoms with Crippen molar-refractivity contribution in [2.24, 2.45) is 5.92 Å². The van der Waals surface area contributed by atoms with Crippen molar-refractivity contribution >= 4 is 11.6 Å². The van der Waals surface area contributed by atoms with Crippen LogP contribution in [0.1, 0.15) is 56.9 Å². The largest absolute Gasteiger partial charge is 0.236 e. The normalized spacial score (nSPS) is 20.9. The number of unbranched alkanes of at least 4 members (excludes halogenated alkanes) is 1. The van der Waals surface area contributed by atoms with Gasteiger partial charge < -0.3 is 0 Å². The van der Waals surface area contributed by atoms with Crippen LogP contribution in [0.4, 0.5) is 4.39 Å². The fourth-order valence-corrected chi connectivity index (χ4v) is 3.61. The maximum absolute atomic E-state index is 13.3. The van der Waals surface area contributed by atoms with Crippen molar-refractivity contribution < 1.29 is 4.39 Å². The maximum atomic E-state index is 13.3. The van der Waals surface area contributed by atoms with Gasteiger partial charge in [0.15, 0.2) is 5.82 Å². The van der Waals surface area contributed by atoms with Crippen molar-refractivity contribution in [1.82, 2.24) is 9.97 Å². The van der Waals surface area contributed by atoms with Crippen LogP contribution in [-0.2, 0) is 0 Å². The van der Waals surface area contributed by atoms with Gasteiger partial charge in [-0.25, -0.2) is 14.4 Å². The highest BCUT2D eigenvalue weighted by atomic mass is 35.5.